The van der Waals surface area contributed by atoms with E-state index in [4.69, 9.17) is 4.74 Å². The van der Waals surface area contributed by atoms with Crippen molar-refractivity contribution in [1.29, 1.82) is 0 Å². The monoisotopic (exact) mass is 390 g/mol. The zero-order valence-corrected chi connectivity index (χ0v) is 15.6. The van der Waals surface area contributed by atoms with Crippen LogP contribution in [0.25, 0.3) is 0 Å². The minimum atomic E-state index is -0.748. The van der Waals surface area contributed by atoms with E-state index < -0.39 is 17.7 Å². The van der Waals surface area contributed by atoms with Crippen LogP contribution >= 0.6 is 11.3 Å². The maximum absolute atomic E-state index is 13.7. The van der Waals surface area contributed by atoms with Crippen LogP contribution in [0.15, 0.2) is 35.7 Å². The summed E-state index contributed by atoms with van der Waals surface area (Å²) in [5, 5.41) is 4.27. The van der Waals surface area contributed by atoms with Gasteiger partial charge >= 0.3 is 5.97 Å². The molecule has 142 valence electrons. The molecule has 0 bridgehead atoms. The molecule has 2 amide bonds. The van der Waals surface area contributed by atoms with E-state index in [-0.39, 0.29) is 29.8 Å². The Bertz CT molecular complexity index is 853. The van der Waals surface area contributed by atoms with Crippen molar-refractivity contribution in [2.45, 2.75) is 25.8 Å². The molecule has 0 unspecified atom stereocenters. The van der Waals surface area contributed by atoms with Gasteiger partial charge in [0, 0.05) is 18.3 Å². The van der Waals surface area contributed by atoms with Crippen LogP contribution < -0.4 is 5.32 Å². The third kappa shape index (κ3) is 4.51. The molecule has 0 aliphatic carbocycles. The molecular formula is C19H19FN2O4S. The minimum Gasteiger partial charge on any atom is -0.452 e. The number of hydrogen-bond acceptors (Lipinski definition) is 5. The van der Waals surface area contributed by atoms with E-state index in [0.717, 1.165) is 23.8 Å². The Kier molecular flexibility index (Phi) is 5.85. The third-order valence-electron chi connectivity index (χ3n) is 4.28. The first-order valence-corrected chi connectivity index (χ1v) is 9.41. The van der Waals surface area contributed by atoms with E-state index in [2.05, 4.69) is 5.32 Å². The highest BCUT2D eigenvalue weighted by molar-refractivity contribution is 7.10. The molecule has 2 heterocycles. The highest BCUT2D eigenvalue weighted by atomic mass is 32.1. The lowest BCUT2D eigenvalue weighted by molar-refractivity contribution is -0.135. The fourth-order valence-corrected chi connectivity index (χ4v) is 3.95. The predicted octanol–water partition coefficient (Wildman–Crippen LogP) is 3.37. The highest BCUT2D eigenvalue weighted by Gasteiger charge is 2.31. The van der Waals surface area contributed by atoms with Crippen LogP contribution in [0.5, 0.6) is 0 Å². The van der Waals surface area contributed by atoms with Gasteiger partial charge in [-0.25, -0.2) is 9.18 Å². The predicted molar refractivity (Wildman–Crippen MR) is 99.0 cm³/mol. The number of likely N-dealkylation sites (tertiary alicyclic amines) is 1. The Balaban J connectivity index is 1.62. The Hall–Kier alpha value is -2.74. The van der Waals surface area contributed by atoms with Crippen LogP contribution in [0, 0.1) is 5.82 Å². The molecule has 0 spiro atoms. The number of thiophene rings is 1. The number of anilines is 1. The maximum Gasteiger partial charge on any atom is 0.338 e. The van der Waals surface area contributed by atoms with Gasteiger partial charge in [0.15, 0.2) is 6.61 Å². The fraction of sp³-hybridized carbons (Fsp3) is 0.316. The number of ether oxygens (including phenoxy) is 1. The summed E-state index contributed by atoms with van der Waals surface area (Å²) < 4.78 is 18.8. The van der Waals surface area contributed by atoms with Gasteiger partial charge in [-0.05, 0) is 42.5 Å². The molecule has 27 heavy (non-hydrogen) atoms. The van der Waals surface area contributed by atoms with Crippen molar-refractivity contribution in [2.24, 2.45) is 0 Å². The van der Waals surface area contributed by atoms with Crippen molar-refractivity contribution >= 4 is 34.8 Å². The molecule has 1 aliphatic heterocycles. The molecule has 1 aromatic heterocycles. The second-order valence-electron chi connectivity index (χ2n) is 6.21. The summed E-state index contributed by atoms with van der Waals surface area (Å²) in [5.41, 5.74) is -0.0512. The van der Waals surface area contributed by atoms with Crippen molar-refractivity contribution in [3.8, 4) is 0 Å². The topological polar surface area (TPSA) is 75.7 Å². The second-order valence-corrected chi connectivity index (χ2v) is 7.19. The molecule has 1 aromatic carbocycles. The number of nitrogens with one attached hydrogen (secondary N) is 1. The molecule has 1 saturated heterocycles. The summed E-state index contributed by atoms with van der Waals surface area (Å²) in [6, 6.07) is 7.47. The number of esters is 1. The van der Waals surface area contributed by atoms with Crippen LogP contribution in [-0.4, -0.2) is 35.8 Å². The van der Waals surface area contributed by atoms with Gasteiger partial charge in [0.2, 0.25) is 5.91 Å². The van der Waals surface area contributed by atoms with Gasteiger partial charge in [-0.15, -0.1) is 11.3 Å². The van der Waals surface area contributed by atoms with Crippen molar-refractivity contribution in [3.05, 3.63) is 52.0 Å². The van der Waals surface area contributed by atoms with Crippen LogP contribution in [0.1, 0.15) is 41.0 Å². The quantitative estimate of drug-likeness (QED) is 0.795. The SMILES string of the molecule is CC(=O)Nc1cc(C(=O)OCC(=O)N2CCC[C@H]2c2cccs2)ccc1F. The van der Waals surface area contributed by atoms with Crippen molar-refractivity contribution < 1.29 is 23.5 Å². The largest absolute Gasteiger partial charge is 0.452 e. The number of rotatable bonds is 5. The lowest BCUT2D eigenvalue weighted by atomic mass is 10.2. The summed E-state index contributed by atoms with van der Waals surface area (Å²) in [7, 11) is 0. The Morgan fingerprint density at radius 1 is 1.33 bits per heavy atom. The van der Waals surface area contributed by atoms with Gasteiger partial charge in [-0.2, -0.15) is 0 Å². The molecule has 8 heteroatoms. The zero-order valence-electron chi connectivity index (χ0n) is 14.7. The smallest absolute Gasteiger partial charge is 0.338 e. The zero-order chi connectivity index (χ0) is 19.4. The molecule has 0 radical (unpaired) electrons. The average molecular weight is 390 g/mol. The summed E-state index contributed by atoms with van der Waals surface area (Å²) in [6.07, 6.45) is 1.79. The molecule has 1 N–H and O–H groups in total. The minimum absolute atomic E-state index is 0.0217. The summed E-state index contributed by atoms with van der Waals surface area (Å²) in [4.78, 5) is 38.6. The first-order valence-electron chi connectivity index (χ1n) is 8.53. The molecule has 2 aromatic rings. The highest BCUT2D eigenvalue weighted by Crippen LogP contribution is 2.34. The maximum atomic E-state index is 13.7. The van der Waals surface area contributed by atoms with E-state index >= 15 is 0 Å². The van der Waals surface area contributed by atoms with Gasteiger partial charge in [0.1, 0.15) is 5.82 Å². The second kappa shape index (κ2) is 8.30. The van der Waals surface area contributed by atoms with E-state index in [0.29, 0.717) is 6.54 Å². The molecule has 1 atom stereocenters. The molecule has 0 saturated carbocycles. The molecule has 3 rings (SSSR count). The van der Waals surface area contributed by atoms with Gasteiger partial charge in [0.25, 0.3) is 5.91 Å². The van der Waals surface area contributed by atoms with Crippen LogP contribution in [0.2, 0.25) is 0 Å². The first-order chi connectivity index (χ1) is 13.0. The summed E-state index contributed by atoms with van der Waals surface area (Å²) in [6.45, 7) is 1.49. The van der Waals surface area contributed by atoms with Gasteiger partial charge in [-0.3, -0.25) is 9.59 Å². The number of nitrogens with zero attached hydrogens (tertiary/aromatic N) is 1. The van der Waals surface area contributed by atoms with Gasteiger partial charge < -0.3 is 15.0 Å². The summed E-state index contributed by atoms with van der Waals surface area (Å²) in [5.74, 6) is -2.12. The van der Waals surface area contributed by atoms with Crippen molar-refractivity contribution in [3.63, 3.8) is 0 Å². The van der Waals surface area contributed by atoms with Gasteiger partial charge in [0.05, 0.1) is 17.3 Å². The normalized spacial score (nSPS) is 16.2. The molecule has 1 aliphatic rings. The van der Waals surface area contributed by atoms with E-state index in [1.165, 1.54) is 19.1 Å². The van der Waals surface area contributed by atoms with E-state index in [1.807, 2.05) is 17.5 Å². The molecule has 6 nitrogen and oxygen atoms in total. The number of hydrogen-bond donors (Lipinski definition) is 1. The molecule has 1 fully saturated rings. The first kappa shape index (κ1) is 19.0. The van der Waals surface area contributed by atoms with E-state index in [1.54, 1.807) is 16.2 Å². The summed E-state index contributed by atoms with van der Waals surface area (Å²) >= 11 is 1.60. The number of carbonyl (C=O) groups excluding carboxylic acids is 3. The standard InChI is InChI=1S/C19H19FN2O4S/c1-12(23)21-15-10-13(6-7-14(15)20)19(25)26-11-18(24)22-8-2-4-16(22)17-5-3-9-27-17/h3,5-7,9-10,16H,2,4,8,11H2,1H3,(H,21,23)/t16-/m0/s1. The van der Waals surface area contributed by atoms with Crippen LogP contribution in [0.3, 0.4) is 0 Å². The Morgan fingerprint density at radius 3 is 2.85 bits per heavy atom. The van der Waals surface area contributed by atoms with Crippen molar-refractivity contribution in [1.82, 2.24) is 4.90 Å². The number of benzene rings is 1. The lowest BCUT2D eigenvalue weighted by Gasteiger charge is -2.23. The van der Waals surface area contributed by atoms with Crippen molar-refractivity contribution in [2.75, 3.05) is 18.5 Å². The Morgan fingerprint density at radius 2 is 2.15 bits per heavy atom. The third-order valence-corrected chi connectivity index (χ3v) is 5.26. The van der Waals surface area contributed by atoms with Gasteiger partial charge in [-0.1, -0.05) is 6.07 Å². The van der Waals surface area contributed by atoms with Crippen LogP contribution in [0.4, 0.5) is 10.1 Å². The number of carbonyl (C=O) groups is 3. The number of halogens is 1. The number of amides is 2. The lowest BCUT2D eigenvalue weighted by Crippen LogP contribution is -2.34. The van der Waals surface area contributed by atoms with Crippen LogP contribution in [-0.2, 0) is 14.3 Å². The van der Waals surface area contributed by atoms with E-state index in [9.17, 15) is 18.8 Å². The fourth-order valence-electron chi connectivity index (χ4n) is 3.07. The molecular weight excluding hydrogens is 371 g/mol. The average Bonchev–Trinajstić information content (AvgIpc) is 3.31. The Labute approximate surface area is 159 Å².